The van der Waals surface area contributed by atoms with Crippen molar-refractivity contribution in [3.05, 3.63) is 64.2 Å². The molecule has 26 heavy (non-hydrogen) atoms. The molecule has 7 nitrogen and oxygen atoms in total. The van der Waals surface area contributed by atoms with E-state index in [0.717, 1.165) is 5.56 Å². The molecule has 136 valence electrons. The minimum atomic E-state index is -0.644. The van der Waals surface area contributed by atoms with Crippen LogP contribution >= 0.6 is 11.6 Å². The second-order valence-electron chi connectivity index (χ2n) is 5.18. The summed E-state index contributed by atoms with van der Waals surface area (Å²) in [7, 11) is 2.46. The lowest BCUT2D eigenvalue weighted by atomic mass is 10.1. The number of hydrogen-bond donors (Lipinski definition) is 2. The minimum absolute atomic E-state index is 0.113. The highest BCUT2D eigenvalue weighted by Crippen LogP contribution is 2.20. The van der Waals surface area contributed by atoms with Crippen LogP contribution in [-0.4, -0.2) is 32.2 Å². The van der Waals surface area contributed by atoms with E-state index < -0.39 is 18.0 Å². The Kier molecular flexibility index (Phi) is 6.57. The van der Waals surface area contributed by atoms with E-state index in [-0.39, 0.29) is 23.4 Å². The normalized spacial score (nSPS) is 9.96. The predicted octanol–water partition coefficient (Wildman–Crippen LogP) is 3.23. The molecule has 2 N–H and O–H groups in total. The maximum absolute atomic E-state index is 12.1. The van der Waals surface area contributed by atoms with Gasteiger partial charge in [-0.2, -0.15) is 0 Å². The second-order valence-corrected chi connectivity index (χ2v) is 5.61. The molecule has 0 atom stereocenters. The van der Waals surface area contributed by atoms with Crippen molar-refractivity contribution >= 4 is 35.3 Å². The van der Waals surface area contributed by atoms with Crippen molar-refractivity contribution < 1.29 is 23.9 Å². The molecule has 0 aliphatic heterocycles. The van der Waals surface area contributed by atoms with Crippen LogP contribution in [0.3, 0.4) is 0 Å². The number of esters is 2. The fourth-order valence-corrected chi connectivity index (χ4v) is 2.26. The first-order valence-corrected chi connectivity index (χ1v) is 7.92. The first kappa shape index (κ1) is 19.3. The van der Waals surface area contributed by atoms with Crippen LogP contribution in [0.4, 0.5) is 10.5 Å². The number of anilines is 1. The number of amides is 2. The van der Waals surface area contributed by atoms with Crippen molar-refractivity contribution in [2.45, 2.75) is 6.54 Å². The van der Waals surface area contributed by atoms with E-state index in [0.29, 0.717) is 5.02 Å². The van der Waals surface area contributed by atoms with Crippen molar-refractivity contribution in [3.63, 3.8) is 0 Å². The number of carbonyl (C=O) groups excluding carboxylic acids is 3. The van der Waals surface area contributed by atoms with Crippen molar-refractivity contribution in [2.24, 2.45) is 0 Å². The lowest BCUT2D eigenvalue weighted by Crippen LogP contribution is -2.29. The van der Waals surface area contributed by atoms with Crippen LogP contribution < -0.4 is 10.6 Å². The Morgan fingerprint density at radius 1 is 0.962 bits per heavy atom. The van der Waals surface area contributed by atoms with Crippen LogP contribution in [0.15, 0.2) is 42.5 Å². The quantitative estimate of drug-likeness (QED) is 0.781. The Morgan fingerprint density at radius 2 is 1.62 bits per heavy atom. The molecule has 2 rings (SSSR count). The van der Waals surface area contributed by atoms with Crippen molar-refractivity contribution in [3.8, 4) is 0 Å². The molecule has 0 aliphatic rings. The number of urea groups is 1. The monoisotopic (exact) mass is 376 g/mol. The van der Waals surface area contributed by atoms with Gasteiger partial charge in [-0.25, -0.2) is 14.4 Å². The fourth-order valence-electron chi connectivity index (χ4n) is 2.13. The van der Waals surface area contributed by atoms with Gasteiger partial charge in [0.1, 0.15) is 0 Å². The van der Waals surface area contributed by atoms with Gasteiger partial charge in [-0.3, -0.25) is 0 Å². The molecule has 8 heteroatoms. The highest BCUT2D eigenvalue weighted by atomic mass is 35.5. The third kappa shape index (κ3) is 4.97. The molecule has 2 aromatic carbocycles. The third-order valence-electron chi connectivity index (χ3n) is 3.46. The Morgan fingerprint density at radius 3 is 2.23 bits per heavy atom. The van der Waals surface area contributed by atoms with E-state index in [1.165, 1.54) is 32.4 Å². The van der Waals surface area contributed by atoms with Crippen molar-refractivity contribution in [2.75, 3.05) is 19.5 Å². The first-order valence-electron chi connectivity index (χ1n) is 7.54. The number of rotatable bonds is 5. The zero-order valence-corrected chi connectivity index (χ0v) is 14.9. The molecule has 0 aliphatic carbocycles. The van der Waals surface area contributed by atoms with E-state index in [9.17, 15) is 14.4 Å². The van der Waals surface area contributed by atoms with Crippen LogP contribution in [0.1, 0.15) is 26.3 Å². The van der Waals surface area contributed by atoms with Gasteiger partial charge >= 0.3 is 18.0 Å². The summed E-state index contributed by atoms with van der Waals surface area (Å²) in [6.07, 6.45) is 0. The number of hydrogen-bond acceptors (Lipinski definition) is 5. The number of benzene rings is 2. The summed E-state index contributed by atoms with van der Waals surface area (Å²) in [5.41, 5.74) is 1.28. The number of carbonyl (C=O) groups is 3. The number of ether oxygens (including phenoxy) is 2. The largest absolute Gasteiger partial charge is 0.465 e. The van der Waals surface area contributed by atoms with Gasteiger partial charge in [0.15, 0.2) is 0 Å². The molecule has 0 radical (unpaired) electrons. The van der Waals surface area contributed by atoms with Crippen molar-refractivity contribution in [1.29, 1.82) is 0 Å². The average molecular weight is 377 g/mol. The number of halogens is 1. The topological polar surface area (TPSA) is 93.7 Å². The fraction of sp³-hybridized carbons (Fsp3) is 0.167. The molecule has 0 saturated carbocycles. The van der Waals surface area contributed by atoms with E-state index in [1.807, 2.05) is 0 Å². The Balaban J connectivity index is 2.14. The summed E-state index contributed by atoms with van der Waals surface area (Å²) < 4.78 is 9.33. The molecule has 0 saturated heterocycles. The maximum Gasteiger partial charge on any atom is 0.339 e. The standard InChI is InChI=1S/C18H17ClN2O5/c1-25-16(22)12-5-8-14(17(23)26-2)15(9-12)21-18(24)20-10-11-3-6-13(19)7-4-11/h3-9H,10H2,1-2H3,(H2,20,21,24). The Hall–Kier alpha value is -3.06. The molecule has 0 fully saturated rings. The highest BCUT2D eigenvalue weighted by Gasteiger charge is 2.17. The number of nitrogens with one attached hydrogen (secondary N) is 2. The van der Waals surface area contributed by atoms with E-state index in [2.05, 4.69) is 20.1 Å². The zero-order chi connectivity index (χ0) is 19.1. The second kappa shape index (κ2) is 8.87. The summed E-state index contributed by atoms with van der Waals surface area (Å²) in [4.78, 5) is 35.7. The predicted molar refractivity (Wildman–Crippen MR) is 96.4 cm³/mol. The summed E-state index contributed by atoms with van der Waals surface area (Å²) in [6, 6.07) is 10.6. The summed E-state index contributed by atoms with van der Waals surface area (Å²) in [5, 5.41) is 5.79. The van der Waals surface area contributed by atoms with Gasteiger partial charge in [-0.1, -0.05) is 23.7 Å². The van der Waals surface area contributed by atoms with E-state index in [4.69, 9.17) is 11.6 Å². The van der Waals surface area contributed by atoms with Gasteiger partial charge in [0.25, 0.3) is 0 Å². The van der Waals surface area contributed by atoms with Gasteiger partial charge in [0.05, 0.1) is 31.0 Å². The van der Waals surface area contributed by atoms with Gasteiger partial charge in [0, 0.05) is 11.6 Å². The zero-order valence-electron chi connectivity index (χ0n) is 14.2. The molecule has 0 spiro atoms. The molecular formula is C18H17ClN2O5. The summed E-state index contributed by atoms with van der Waals surface area (Å²) >= 11 is 5.81. The minimum Gasteiger partial charge on any atom is -0.465 e. The van der Waals surface area contributed by atoms with E-state index >= 15 is 0 Å². The Bertz CT molecular complexity index is 821. The van der Waals surface area contributed by atoms with Gasteiger partial charge in [-0.05, 0) is 35.9 Å². The molecule has 0 heterocycles. The van der Waals surface area contributed by atoms with E-state index in [1.54, 1.807) is 24.3 Å². The molecular weight excluding hydrogens is 360 g/mol. The third-order valence-corrected chi connectivity index (χ3v) is 3.71. The van der Waals surface area contributed by atoms with Crippen LogP contribution in [0.25, 0.3) is 0 Å². The molecule has 0 aromatic heterocycles. The molecule has 0 unspecified atom stereocenters. The summed E-state index contributed by atoms with van der Waals surface area (Å²) in [6.45, 7) is 0.257. The lowest BCUT2D eigenvalue weighted by Gasteiger charge is -2.12. The van der Waals surface area contributed by atoms with Crippen LogP contribution in [0, 0.1) is 0 Å². The first-order chi connectivity index (χ1) is 12.4. The van der Waals surface area contributed by atoms with Crippen LogP contribution in [0.5, 0.6) is 0 Å². The number of methoxy groups -OCH3 is 2. The van der Waals surface area contributed by atoms with Crippen LogP contribution in [0.2, 0.25) is 5.02 Å². The maximum atomic E-state index is 12.1. The Labute approximate surface area is 155 Å². The highest BCUT2D eigenvalue weighted by molar-refractivity contribution is 6.30. The van der Waals surface area contributed by atoms with Gasteiger partial charge in [-0.15, -0.1) is 0 Å². The van der Waals surface area contributed by atoms with Gasteiger partial charge in [0.2, 0.25) is 0 Å². The molecule has 2 amide bonds. The van der Waals surface area contributed by atoms with Crippen molar-refractivity contribution in [1.82, 2.24) is 5.32 Å². The smallest absolute Gasteiger partial charge is 0.339 e. The van der Waals surface area contributed by atoms with Crippen LogP contribution in [-0.2, 0) is 16.0 Å². The molecule has 2 aromatic rings. The summed E-state index contributed by atoms with van der Waals surface area (Å²) in [5.74, 6) is -1.24. The van der Waals surface area contributed by atoms with Gasteiger partial charge < -0.3 is 20.1 Å². The molecule has 0 bridgehead atoms. The average Bonchev–Trinajstić information content (AvgIpc) is 2.66. The SMILES string of the molecule is COC(=O)c1ccc(C(=O)OC)c(NC(=O)NCc2ccc(Cl)cc2)c1. The lowest BCUT2D eigenvalue weighted by molar-refractivity contribution is 0.0587.